The number of rotatable bonds is 7. The highest BCUT2D eigenvalue weighted by atomic mass is 32.2. The Kier molecular flexibility index (Phi) is 6.02. The first-order valence-corrected chi connectivity index (χ1v) is 7.99. The van der Waals surface area contributed by atoms with Crippen LogP contribution in [0.15, 0.2) is 0 Å². The third-order valence-electron chi connectivity index (χ3n) is 1.27. The lowest BCUT2D eigenvalue weighted by Gasteiger charge is -2.15. The third-order valence-corrected chi connectivity index (χ3v) is 2.40. The van der Waals surface area contributed by atoms with Gasteiger partial charge < -0.3 is 4.74 Å². The molecule has 0 aromatic rings. The molecular formula is C7H14O8S2. The van der Waals surface area contributed by atoms with E-state index in [9.17, 15) is 21.6 Å². The van der Waals surface area contributed by atoms with Gasteiger partial charge in [0.25, 0.3) is 20.2 Å². The summed E-state index contributed by atoms with van der Waals surface area (Å²) in [5, 5.41) is 0. The van der Waals surface area contributed by atoms with Crippen molar-refractivity contribution in [3.05, 3.63) is 0 Å². The molecule has 8 nitrogen and oxygen atoms in total. The van der Waals surface area contributed by atoms with E-state index in [0.717, 1.165) is 19.4 Å². The normalized spacial score (nSPS) is 12.7. The summed E-state index contributed by atoms with van der Waals surface area (Å²) in [6.45, 7) is 0.0791. The van der Waals surface area contributed by atoms with Crippen LogP contribution in [0.3, 0.4) is 0 Å². The van der Waals surface area contributed by atoms with Gasteiger partial charge in [-0.15, -0.1) is 0 Å². The first-order chi connectivity index (χ1) is 7.49. The van der Waals surface area contributed by atoms with Gasteiger partial charge in [-0.2, -0.15) is 16.8 Å². The molecule has 0 saturated heterocycles. The predicted octanol–water partition coefficient (Wildman–Crippen LogP) is -1.13. The largest absolute Gasteiger partial charge is 0.458 e. The molecule has 0 rings (SSSR count). The third kappa shape index (κ3) is 11.6. The number of carbonyl (C=O) groups excluding carboxylic acids is 1. The fourth-order valence-corrected chi connectivity index (χ4v) is 1.55. The van der Waals surface area contributed by atoms with Gasteiger partial charge >= 0.3 is 5.97 Å². The summed E-state index contributed by atoms with van der Waals surface area (Å²) in [4.78, 5) is 10.7. The van der Waals surface area contributed by atoms with E-state index in [1.807, 2.05) is 0 Å². The number of hydrogen-bond donors (Lipinski definition) is 0. The summed E-state index contributed by atoms with van der Waals surface area (Å²) in [6.07, 6.45) is 0.516. The molecule has 0 bridgehead atoms. The van der Waals surface area contributed by atoms with Crippen LogP contribution in [0.5, 0.6) is 0 Å². The van der Waals surface area contributed by atoms with Gasteiger partial charge in [-0.25, -0.2) is 0 Å². The molecule has 0 aromatic carbocycles. The fraction of sp³-hybridized carbons (Fsp3) is 0.857. The number of ether oxygens (including phenoxy) is 1. The van der Waals surface area contributed by atoms with Gasteiger partial charge in [0.2, 0.25) is 0 Å². The van der Waals surface area contributed by atoms with Gasteiger partial charge in [0.1, 0.15) is 13.2 Å². The quantitative estimate of drug-likeness (QED) is 0.427. The topological polar surface area (TPSA) is 113 Å². The van der Waals surface area contributed by atoms with E-state index in [1.165, 1.54) is 0 Å². The van der Waals surface area contributed by atoms with Crippen LogP contribution in [-0.2, 0) is 38.1 Å². The molecule has 0 N–H and O–H groups in total. The van der Waals surface area contributed by atoms with Crippen LogP contribution in [-0.4, -0.2) is 54.6 Å². The molecular weight excluding hydrogens is 276 g/mol. The maximum Gasteiger partial charge on any atom is 0.303 e. The van der Waals surface area contributed by atoms with E-state index in [-0.39, 0.29) is 0 Å². The second kappa shape index (κ2) is 6.28. The fourth-order valence-electron chi connectivity index (χ4n) is 0.750. The smallest absolute Gasteiger partial charge is 0.303 e. The van der Waals surface area contributed by atoms with Crippen molar-refractivity contribution in [3.8, 4) is 0 Å². The van der Waals surface area contributed by atoms with Gasteiger partial charge in [-0.05, 0) is 0 Å². The number of esters is 1. The molecule has 0 saturated carbocycles. The van der Waals surface area contributed by atoms with Crippen LogP contribution < -0.4 is 0 Å². The van der Waals surface area contributed by atoms with Crippen molar-refractivity contribution >= 4 is 26.2 Å². The van der Waals surface area contributed by atoms with Crippen LogP contribution in [0.25, 0.3) is 0 Å². The minimum absolute atomic E-state index is 0.506. The van der Waals surface area contributed by atoms with E-state index in [2.05, 4.69) is 13.1 Å². The molecule has 0 radical (unpaired) electrons. The lowest BCUT2D eigenvalue weighted by atomic mass is 10.4. The summed E-state index contributed by atoms with van der Waals surface area (Å²) >= 11 is 0. The molecule has 0 aliphatic rings. The summed E-state index contributed by atoms with van der Waals surface area (Å²) < 4.78 is 56.2. The van der Waals surface area contributed by atoms with Crippen LogP contribution in [0.1, 0.15) is 6.92 Å². The molecule has 0 spiro atoms. The maximum atomic E-state index is 10.7. The Morgan fingerprint density at radius 1 is 1.00 bits per heavy atom. The molecule has 0 aliphatic heterocycles. The Morgan fingerprint density at radius 2 is 1.35 bits per heavy atom. The maximum absolute atomic E-state index is 10.7. The number of hydrogen-bond acceptors (Lipinski definition) is 8. The average molecular weight is 290 g/mol. The van der Waals surface area contributed by atoms with Crippen molar-refractivity contribution in [1.82, 2.24) is 0 Å². The summed E-state index contributed by atoms with van der Waals surface area (Å²) in [7, 11) is -7.41. The Bertz CT molecular complexity index is 412. The van der Waals surface area contributed by atoms with Gasteiger partial charge in [0, 0.05) is 6.92 Å². The van der Waals surface area contributed by atoms with Crippen LogP contribution in [0.2, 0.25) is 0 Å². The van der Waals surface area contributed by atoms with Crippen LogP contribution in [0, 0.1) is 0 Å². The standard InChI is InChI=1S/C7H14O8S2/c1-6(8)15-7(4-13-16(2,9)10)5-14-17(3,11)12/h7H,4-5H2,1-3H3. The molecule has 10 heteroatoms. The molecule has 0 aliphatic carbocycles. The highest BCUT2D eigenvalue weighted by Crippen LogP contribution is 2.01. The minimum Gasteiger partial charge on any atom is -0.458 e. The Labute approximate surface area is 100 Å². The Hall–Kier alpha value is -0.710. The molecule has 0 fully saturated rings. The zero-order chi connectivity index (χ0) is 13.7. The number of carbonyl (C=O) groups is 1. The zero-order valence-corrected chi connectivity index (χ0v) is 11.2. The van der Waals surface area contributed by atoms with Gasteiger partial charge in [0.05, 0.1) is 12.5 Å². The van der Waals surface area contributed by atoms with Crippen LogP contribution in [0.4, 0.5) is 0 Å². The highest BCUT2D eigenvalue weighted by molar-refractivity contribution is 7.86. The summed E-state index contributed by atoms with van der Waals surface area (Å²) in [5.41, 5.74) is 0. The molecule has 0 atom stereocenters. The van der Waals surface area contributed by atoms with Gasteiger partial charge in [0.15, 0.2) is 6.10 Å². The molecule has 102 valence electrons. The second-order valence-electron chi connectivity index (χ2n) is 3.21. The van der Waals surface area contributed by atoms with Crippen molar-refractivity contribution in [3.63, 3.8) is 0 Å². The Balaban J connectivity index is 4.39. The van der Waals surface area contributed by atoms with Crippen molar-refractivity contribution in [1.29, 1.82) is 0 Å². The average Bonchev–Trinajstić information content (AvgIpc) is 2.06. The lowest BCUT2D eigenvalue weighted by Crippen LogP contribution is -2.29. The van der Waals surface area contributed by atoms with E-state index in [4.69, 9.17) is 0 Å². The van der Waals surface area contributed by atoms with E-state index in [1.54, 1.807) is 0 Å². The van der Waals surface area contributed by atoms with Crippen molar-refractivity contribution < 1.29 is 34.7 Å². The zero-order valence-electron chi connectivity index (χ0n) is 9.57. The minimum atomic E-state index is -3.71. The van der Waals surface area contributed by atoms with E-state index < -0.39 is 45.5 Å². The van der Waals surface area contributed by atoms with Gasteiger partial charge in [-0.1, -0.05) is 0 Å². The second-order valence-corrected chi connectivity index (χ2v) is 6.50. The monoisotopic (exact) mass is 290 g/mol. The molecule has 0 amide bonds. The van der Waals surface area contributed by atoms with E-state index in [0.29, 0.717) is 0 Å². The molecule has 0 heterocycles. The molecule has 17 heavy (non-hydrogen) atoms. The predicted molar refractivity (Wildman–Crippen MR) is 57.1 cm³/mol. The van der Waals surface area contributed by atoms with Gasteiger partial charge in [-0.3, -0.25) is 13.2 Å². The molecule has 0 aromatic heterocycles. The van der Waals surface area contributed by atoms with Crippen molar-refractivity contribution in [2.24, 2.45) is 0 Å². The highest BCUT2D eigenvalue weighted by Gasteiger charge is 2.18. The Morgan fingerprint density at radius 3 is 1.59 bits per heavy atom. The van der Waals surface area contributed by atoms with Crippen molar-refractivity contribution in [2.75, 3.05) is 25.7 Å². The lowest BCUT2D eigenvalue weighted by molar-refractivity contribution is -0.149. The SMILES string of the molecule is CC(=O)OC(COS(C)(=O)=O)COS(C)(=O)=O. The van der Waals surface area contributed by atoms with E-state index >= 15 is 0 Å². The molecule has 0 unspecified atom stereocenters. The van der Waals surface area contributed by atoms with Crippen LogP contribution >= 0.6 is 0 Å². The first-order valence-electron chi connectivity index (χ1n) is 4.35. The first kappa shape index (κ1) is 16.3. The summed E-state index contributed by atoms with van der Waals surface area (Å²) in [6, 6.07) is 0. The van der Waals surface area contributed by atoms with Crippen molar-refractivity contribution in [2.45, 2.75) is 13.0 Å². The summed E-state index contributed by atoms with van der Waals surface area (Å²) in [5.74, 6) is -0.704.